The first-order chi connectivity index (χ1) is 6.66. The molecule has 0 heterocycles. The van der Waals surface area contributed by atoms with Crippen molar-refractivity contribution in [1.82, 2.24) is 5.32 Å². The van der Waals surface area contributed by atoms with Crippen LogP contribution in [0.4, 0.5) is 0 Å². The lowest BCUT2D eigenvalue weighted by Crippen LogP contribution is -2.38. The molecule has 0 rings (SSSR count). The van der Waals surface area contributed by atoms with Gasteiger partial charge in [-0.2, -0.15) is 0 Å². The van der Waals surface area contributed by atoms with E-state index in [9.17, 15) is 4.79 Å². The van der Waals surface area contributed by atoms with Crippen LogP contribution in [0.1, 0.15) is 47.5 Å². The molecule has 0 aliphatic heterocycles. The van der Waals surface area contributed by atoms with Gasteiger partial charge in [0.15, 0.2) is 0 Å². The molecule has 0 spiro atoms. The summed E-state index contributed by atoms with van der Waals surface area (Å²) in [5.74, 6) is 0.131. The number of carbonyl (C=O) groups excluding carboxylic acids is 1. The summed E-state index contributed by atoms with van der Waals surface area (Å²) in [4.78, 5) is 11.5. The lowest BCUT2D eigenvalue weighted by Gasteiger charge is -2.23. The average Bonchev–Trinajstić information content (AvgIpc) is 2.10. The predicted molar refractivity (Wildman–Crippen MR) is 64.5 cm³/mol. The van der Waals surface area contributed by atoms with Crippen molar-refractivity contribution in [2.75, 3.05) is 13.1 Å². The maximum absolute atomic E-state index is 11.5. The van der Waals surface area contributed by atoms with E-state index in [1.807, 2.05) is 0 Å². The summed E-state index contributed by atoms with van der Waals surface area (Å²) >= 11 is 0. The van der Waals surface area contributed by atoms with Gasteiger partial charge in [-0.15, -0.1) is 0 Å². The molecule has 3 heteroatoms. The van der Waals surface area contributed by atoms with Gasteiger partial charge in [-0.25, -0.2) is 0 Å². The molecule has 0 aromatic carbocycles. The fourth-order valence-corrected chi connectivity index (χ4v) is 0.987. The summed E-state index contributed by atoms with van der Waals surface area (Å²) in [7, 11) is 0. The Kier molecular flexibility index (Phi) is 5.29. The maximum Gasteiger partial charge on any atom is 0.220 e. The highest BCUT2D eigenvalue weighted by atomic mass is 16.1. The monoisotopic (exact) mass is 214 g/mol. The van der Waals surface area contributed by atoms with Crippen LogP contribution in [0.2, 0.25) is 0 Å². The first-order valence-corrected chi connectivity index (χ1v) is 5.63. The first-order valence-electron chi connectivity index (χ1n) is 5.63. The van der Waals surface area contributed by atoms with Gasteiger partial charge in [0.05, 0.1) is 0 Å². The third-order valence-corrected chi connectivity index (χ3v) is 2.42. The Bertz CT molecular complexity index is 204. The number of amides is 1. The number of rotatable bonds is 5. The number of hydrogen-bond donors (Lipinski definition) is 2. The van der Waals surface area contributed by atoms with Gasteiger partial charge in [-0.1, -0.05) is 34.6 Å². The molecule has 0 saturated heterocycles. The van der Waals surface area contributed by atoms with Crippen LogP contribution in [0.5, 0.6) is 0 Å². The zero-order chi connectivity index (χ0) is 12.1. The summed E-state index contributed by atoms with van der Waals surface area (Å²) in [5.41, 5.74) is 5.80. The Morgan fingerprint density at radius 3 is 2.13 bits per heavy atom. The predicted octanol–water partition coefficient (Wildman–Crippen LogP) is 1.91. The number of nitrogens with one attached hydrogen (secondary N) is 1. The van der Waals surface area contributed by atoms with Crippen molar-refractivity contribution in [2.45, 2.75) is 47.5 Å². The number of carbonyl (C=O) groups is 1. The molecule has 0 radical (unpaired) electrons. The van der Waals surface area contributed by atoms with Crippen LogP contribution in [0.25, 0.3) is 0 Å². The van der Waals surface area contributed by atoms with E-state index in [4.69, 9.17) is 5.73 Å². The van der Waals surface area contributed by atoms with Crippen molar-refractivity contribution in [3.8, 4) is 0 Å². The van der Waals surface area contributed by atoms with Gasteiger partial charge in [0.2, 0.25) is 5.91 Å². The molecular weight excluding hydrogens is 188 g/mol. The molecule has 0 aliphatic carbocycles. The minimum absolute atomic E-state index is 0.00259. The molecule has 15 heavy (non-hydrogen) atoms. The molecule has 0 unspecified atom stereocenters. The van der Waals surface area contributed by atoms with Crippen molar-refractivity contribution in [3.05, 3.63) is 0 Å². The van der Waals surface area contributed by atoms with Crippen LogP contribution in [-0.2, 0) is 4.79 Å². The Morgan fingerprint density at radius 1 is 1.20 bits per heavy atom. The van der Waals surface area contributed by atoms with Crippen LogP contribution in [0, 0.1) is 10.8 Å². The fraction of sp³-hybridized carbons (Fsp3) is 0.917. The van der Waals surface area contributed by atoms with E-state index < -0.39 is 0 Å². The smallest absolute Gasteiger partial charge is 0.220 e. The van der Waals surface area contributed by atoms with Crippen molar-refractivity contribution in [2.24, 2.45) is 16.6 Å². The summed E-state index contributed by atoms with van der Waals surface area (Å²) in [6.45, 7) is 11.8. The quantitative estimate of drug-likeness (QED) is 0.734. The highest BCUT2D eigenvalue weighted by molar-refractivity contribution is 5.75. The minimum Gasteiger partial charge on any atom is -0.356 e. The molecule has 0 aromatic rings. The van der Waals surface area contributed by atoms with Crippen LogP contribution in [0.3, 0.4) is 0 Å². The SMILES string of the molecule is CC(C)(C)CCC(=O)NCC(C)(C)CN. The molecule has 3 nitrogen and oxygen atoms in total. The topological polar surface area (TPSA) is 55.1 Å². The normalized spacial score (nSPS) is 12.7. The first kappa shape index (κ1) is 14.4. The summed E-state index contributed by atoms with van der Waals surface area (Å²) in [6, 6.07) is 0. The van der Waals surface area contributed by atoms with E-state index in [2.05, 4.69) is 39.9 Å². The van der Waals surface area contributed by atoms with Crippen LogP contribution < -0.4 is 11.1 Å². The Balaban J connectivity index is 3.77. The standard InChI is InChI=1S/C12H26N2O/c1-11(2,3)7-6-10(15)14-9-12(4,5)8-13/h6-9,13H2,1-5H3,(H,14,15). The Morgan fingerprint density at radius 2 is 1.73 bits per heavy atom. The highest BCUT2D eigenvalue weighted by Gasteiger charge is 2.17. The van der Waals surface area contributed by atoms with Crippen molar-refractivity contribution in [1.29, 1.82) is 0 Å². The van der Waals surface area contributed by atoms with Gasteiger partial charge < -0.3 is 11.1 Å². The van der Waals surface area contributed by atoms with E-state index in [1.54, 1.807) is 0 Å². The van der Waals surface area contributed by atoms with Crippen molar-refractivity contribution >= 4 is 5.91 Å². The zero-order valence-electron chi connectivity index (χ0n) is 10.8. The molecule has 0 bridgehead atoms. The van der Waals surface area contributed by atoms with Gasteiger partial charge in [-0.3, -0.25) is 4.79 Å². The minimum atomic E-state index is -0.00259. The lowest BCUT2D eigenvalue weighted by molar-refractivity contribution is -0.122. The van der Waals surface area contributed by atoms with Gasteiger partial charge in [-0.05, 0) is 23.8 Å². The molecule has 0 aromatic heterocycles. The van der Waals surface area contributed by atoms with E-state index in [-0.39, 0.29) is 16.7 Å². The summed E-state index contributed by atoms with van der Waals surface area (Å²) in [6.07, 6.45) is 1.52. The average molecular weight is 214 g/mol. The van der Waals surface area contributed by atoms with E-state index >= 15 is 0 Å². The second-order valence-electron chi connectivity index (χ2n) is 6.21. The molecule has 0 saturated carbocycles. The van der Waals surface area contributed by atoms with Gasteiger partial charge >= 0.3 is 0 Å². The second kappa shape index (κ2) is 5.50. The number of hydrogen-bond acceptors (Lipinski definition) is 2. The zero-order valence-corrected chi connectivity index (χ0v) is 10.8. The third kappa shape index (κ3) is 8.43. The number of nitrogens with two attached hydrogens (primary N) is 1. The van der Waals surface area contributed by atoms with Crippen LogP contribution in [0.15, 0.2) is 0 Å². The van der Waals surface area contributed by atoms with E-state index in [0.29, 0.717) is 19.5 Å². The summed E-state index contributed by atoms with van der Waals surface area (Å²) < 4.78 is 0. The molecule has 0 aliphatic rings. The molecule has 0 atom stereocenters. The summed E-state index contributed by atoms with van der Waals surface area (Å²) in [5, 5.41) is 2.93. The second-order valence-corrected chi connectivity index (χ2v) is 6.21. The molecule has 0 fully saturated rings. The van der Waals surface area contributed by atoms with Crippen LogP contribution in [-0.4, -0.2) is 19.0 Å². The Hall–Kier alpha value is -0.570. The Labute approximate surface area is 93.8 Å². The van der Waals surface area contributed by atoms with E-state index in [1.165, 1.54) is 0 Å². The fourth-order valence-electron chi connectivity index (χ4n) is 0.987. The molecular formula is C12H26N2O. The maximum atomic E-state index is 11.5. The molecule has 90 valence electrons. The largest absolute Gasteiger partial charge is 0.356 e. The van der Waals surface area contributed by atoms with E-state index in [0.717, 1.165) is 6.42 Å². The third-order valence-electron chi connectivity index (χ3n) is 2.42. The molecule has 3 N–H and O–H groups in total. The van der Waals surface area contributed by atoms with Gasteiger partial charge in [0.25, 0.3) is 0 Å². The molecule has 1 amide bonds. The van der Waals surface area contributed by atoms with Crippen LogP contribution >= 0.6 is 0 Å². The van der Waals surface area contributed by atoms with Crippen molar-refractivity contribution in [3.63, 3.8) is 0 Å². The van der Waals surface area contributed by atoms with Crippen molar-refractivity contribution < 1.29 is 4.79 Å². The van der Waals surface area contributed by atoms with Gasteiger partial charge in [0, 0.05) is 13.0 Å². The lowest BCUT2D eigenvalue weighted by atomic mass is 9.90. The van der Waals surface area contributed by atoms with Gasteiger partial charge in [0.1, 0.15) is 0 Å². The highest BCUT2D eigenvalue weighted by Crippen LogP contribution is 2.20.